The predicted molar refractivity (Wildman–Crippen MR) is 103 cm³/mol. The van der Waals surface area contributed by atoms with Crippen LogP contribution in [0, 0.1) is 0 Å². The van der Waals surface area contributed by atoms with Gasteiger partial charge in [-0.3, -0.25) is 9.48 Å². The first-order chi connectivity index (χ1) is 13.0. The molecule has 142 valence electrons. The zero-order valence-electron chi connectivity index (χ0n) is 15.4. The molecule has 4 N–H and O–H groups in total. The van der Waals surface area contributed by atoms with Crippen LogP contribution in [0.1, 0.15) is 13.0 Å². The molecule has 1 fully saturated rings. The Kier molecular flexibility index (Phi) is 4.40. The second kappa shape index (κ2) is 6.88. The van der Waals surface area contributed by atoms with Gasteiger partial charge in [-0.1, -0.05) is 0 Å². The Hall–Kier alpha value is -3.14. The van der Waals surface area contributed by atoms with Crippen molar-refractivity contribution in [1.29, 1.82) is 0 Å². The van der Waals surface area contributed by atoms with Gasteiger partial charge >= 0.3 is 0 Å². The van der Waals surface area contributed by atoms with Crippen molar-refractivity contribution in [3.05, 3.63) is 24.7 Å². The largest absolute Gasteiger partial charge is 0.383 e. The number of nitrogens with one attached hydrogen (secondary N) is 2. The number of H-pyrrole nitrogens is 1. The summed E-state index contributed by atoms with van der Waals surface area (Å²) in [7, 11) is 2.07. The molecule has 10 nitrogen and oxygen atoms in total. The fourth-order valence-electron chi connectivity index (χ4n) is 3.17. The Morgan fingerprint density at radius 1 is 1.30 bits per heavy atom. The standard InChI is InChI=1S/C17H23N9O/c1-11(16(27)25-7-5-24(2)6-8-25)26-10-12(9-20-26)21-17-22-14(18)13-3-4-19-15(13)23-17/h3-4,9-11H,5-8H2,1-2H3,(H4,18,19,21,22,23). The third-order valence-corrected chi connectivity index (χ3v) is 4.87. The summed E-state index contributed by atoms with van der Waals surface area (Å²) in [6.07, 6.45) is 5.19. The van der Waals surface area contributed by atoms with E-state index in [4.69, 9.17) is 5.73 Å². The van der Waals surface area contributed by atoms with Crippen LogP contribution >= 0.6 is 0 Å². The zero-order valence-corrected chi connectivity index (χ0v) is 15.4. The van der Waals surface area contributed by atoms with E-state index in [1.54, 1.807) is 23.3 Å². The fourth-order valence-corrected chi connectivity index (χ4v) is 3.17. The van der Waals surface area contributed by atoms with E-state index in [1.165, 1.54) is 0 Å². The Morgan fingerprint density at radius 3 is 2.85 bits per heavy atom. The summed E-state index contributed by atoms with van der Waals surface area (Å²) in [6, 6.07) is 1.46. The molecular weight excluding hydrogens is 346 g/mol. The van der Waals surface area contributed by atoms with Crippen molar-refractivity contribution in [2.75, 3.05) is 44.3 Å². The van der Waals surface area contributed by atoms with Gasteiger partial charge in [-0.2, -0.15) is 15.1 Å². The van der Waals surface area contributed by atoms with Gasteiger partial charge in [-0.25, -0.2) is 0 Å². The third kappa shape index (κ3) is 3.43. The summed E-state index contributed by atoms with van der Waals surface area (Å²) in [5.41, 5.74) is 7.31. The normalized spacial score (nSPS) is 16.6. The minimum Gasteiger partial charge on any atom is -0.383 e. The number of anilines is 3. The topological polar surface area (TPSA) is 121 Å². The van der Waals surface area contributed by atoms with E-state index in [0.29, 0.717) is 23.1 Å². The second-order valence-electron chi connectivity index (χ2n) is 6.81. The van der Waals surface area contributed by atoms with E-state index in [9.17, 15) is 4.79 Å². The molecule has 4 heterocycles. The Morgan fingerprint density at radius 2 is 2.07 bits per heavy atom. The average molecular weight is 369 g/mol. The van der Waals surface area contributed by atoms with E-state index >= 15 is 0 Å². The highest BCUT2D eigenvalue weighted by Crippen LogP contribution is 2.21. The molecule has 1 aliphatic rings. The summed E-state index contributed by atoms with van der Waals surface area (Å²) >= 11 is 0. The highest BCUT2D eigenvalue weighted by molar-refractivity contribution is 5.87. The van der Waals surface area contributed by atoms with Crippen LogP contribution in [0.2, 0.25) is 0 Å². The maximum atomic E-state index is 12.7. The lowest BCUT2D eigenvalue weighted by atomic mass is 10.2. The Balaban J connectivity index is 1.46. The Bertz CT molecular complexity index is 954. The molecule has 0 spiro atoms. The minimum absolute atomic E-state index is 0.0750. The molecular formula is C17H23N9O. The number of hydrogen-bond acceptors (Lipinski definition) is 7. The van der Waals surface area contributed by atoms with Gasteiger partial charge in [0.25, 0.3) is 0 Å². The number of nitrogens with two attached hydrogens (primary N) is 1. The summed E-state index contributed by atoms with van der Waals surface area (Å²) in [4.78, 5) is 28.5. The van der Waals surface area contributed by atoms with Crippen molar-refractivity contribution in [3.63, 3.8) is 0 Å². The number of carbonyl (C=O) groups excluding carboxylic acids is 1. The van der Waals surface area contributed by atoms with E-state index in [2.05, 4.69) is 37.3 Å². The number of aromatic nitrogens is 5. The van der Waals surface area contributed by atoms with Crippen molar-refractivity contribution in [3.8, 4) is 0 Å². The fraction of sp³-hybridized carbons (Fsp3) is 0.412. The van der Waals surface area contributed by atoms with Gasteiger partial charge < -0.3 is 25.8 Å². The zero-order chi connectivity index (χ0) is 19.0. The lowest BCUT2D eigenvalue weighted by Crippen LogP contribution is -2.49. The maximum absolute atomic E-state index is 12.7. The number of carbonyl (C=O) groups is 1. The van der Waals surface area contributed by atoms with Crippen LogP contribution in [0.5, 0.6) is 0 Å². The molecule has 0 bridgehead atoms. The molecule has 0 radical (unpaired) electrons. The van der Waals surface area contributed by atoms with Crippen molar-refractivity contribution < 1.29 is 4.79 Å². The number of rotatable bonds is 4. The van der Waals surface area contributed by atoms with Gasteiger partial charge in [0.2, 0.25) is 11.9 Å². The average Bonchev–Trinajstić information content (AvgIpc) is 3.31. The molecule has 0 saturated carbocycles. The van der Waals surface area contributed by atoms with Crippen LogP contribution in [0.15, 0.2) is 24.7 Å². The molecule has 3 aromatic heterocycles. The van der Waals surface area contributed by atoms with Gasteiger partial charge in [0.1, 0.15) is 17.5 Å². The van der Waals surface area contributed by atoms with Crippen LogP contribution in [0.3, 0.4) is 0 Å². The summed E-state index contributed by atoms with van der Waals surface area (Å²) in [5, 5.41) is 8.19. The van der Waals surface area contributed by atoms with Crippen LogP contribution in [0.25, 0.3) is 11.0 Å². The quantitative estimate of drug-likeness (QED) is 0.622. The van der Waals surface area contributed by atoms with Crippen LogP contribution < -0.4 is 11.1 Å². The van der Waals surface area contributed by atoms with E-state index in [0.717, 1.165) is 31.6 Å². The predicted octanol–water partition coefficient (Wildman–Crippen LogP) is 0.815. The second-order valence-corrected chi connectivity index (χ2v) is 6.81. The van der Waals surface area contributed by atoms with Crippen molar-refractivity contribution in [1.82, 2.24) is 34.5 Å². The molecule has 0 aliphatic carbocycles. The highest BCUT2D eigenvalue weighted by atomic mass is 16.2. The first-order valence-electron chi connectivity index (χ1n) is 8.90. The Labute approximate surface area is 156 Å². The first-order valence-corrected chi connectivity index (χ1v) is 8.90. The SMILES string of the molecule is CC(C(=O)N1CCN(C)CC1)n1cc(Nc2nc(N)c3cc[nH]c3n2)cn1. The van der Waals surface area contributed by atoms with E-state index in [1.807, 2.05) is 17.9 Å². The van der Waals surface area contributed by atoms with Crippen LogP contribution in [-0.4, -0.2) is 73.7 Å². The van der Waals surface area contributed by atoms with Gasteiger partial charge in [0.15, 0.2) is 0 Å². The van der Waals surface area contributed by atoms with E-state index in [-0.39, 0.29) is 11.9 Å². The van der Waals surface area contributed by atoms with Gasteiger partial charge in [-0.05, 0) is 20.0 Å². The number of nitrogens with zero attached hydrogens (tertiary/aromatic N) is 6. The monoisotopic (exact) mass is 369 g/mol. The van der Waals surface area contributed by atoms with E-state index < -0.39 is 0 Å². The van der Waals surface area contributed by atoms with Gasteiger partial charge in [0.05, 0.1) is 17.3 Å². The number of aromatic amines is 1. The summed E-state index contributed by atoms with van der Waals surface area (Å²) in [5.74, 6) is 0.848. The maximum Gasteiger partial charge on any atom is 0.247 e. The third-order valence-electron chi connectivity index (χ3n) is 4.87. The molecule has 1 atom stereocenters. The number of hydrogen-bond donors (Lipinski definition) is 3. The molecule has 1 unspecified atom stereocenters. The number of amides is 1. The molecule has 27 heavy (non-hydrogen) atoms. The summed E-state index contributed by atoms with van der Waals surface area (Å²) < 4.78 is 1.65. The number of piperazine rings is 1. The van der Waals surface area contributed by atoms with Crippen molar-refractivity contribution >= 4 is 34.4 Å². The smallest absolute Gasteiger partial charge is 0.247 e. The number of likely N-dealkylation sites (N-methyl/N-ethyl adjacent to an activating group) is 1. The molecule has 10 heteroatoms. The molecule has 1 aliphatic heterocycles. The van der Waals surface area contributed by atoms with Crippen LogP contribution in [0.4, 0.5) is 17.5 Å². The number of nitrogen functional groups attached to an aromatic ring is 1. The van der Waals surface area contributed by atoms with Gasteiger partial charge in [0, 0.05) is 38.6 Å². The van der Waals surface area contributed by atoms with Crippen molar-refractivity contribution in [2.24, 2.45) is 0 Å². The number of fused-ring (bicyclic) bond motifs is 1. The summed E-state index contributed by atoms with van der Waals surface area (Å²) in [6.45, 7) is 5.14. The molecule has 3 aromatic rings. The minimum atomic E-state index is -0.374. The first kappa shape index (κ1) is 17.3. The van der Waals surface area contributed by atoms with Crippen molar-refractivity contribution in [2.45, 2.75) is 13.0 Å². The molecule has 1 amide bonds. The molecule has 1 saturated heterocycles. The molecule has 4 rings (SSSR count). The highest BCUT2D eigenvalue weighted by Gasteiger charge is 2.25. The van der Waals surface area contributed by atoms with Crippen LogP contribution in [-0.2, 0) is 4.79 Å². The lowest BCUT2D eigenvalue weighted by Gasteiger charge is -2.33. The lowest BCUT2D eigenvalue weighted by molar-refractivity contribution is -0.136. The molecule has 0 aromatic carbocycles. The van der Waals surface area contributed by atoms with Gasteiger partial charge in [-0.15, -0.1) is 0 Å².